The Morgan fingerprint density at radius 2 is 1.08 bits per heavy atom. The first-order chi connectivity index (χ1) is 12.4. The van der Waals surface area contributed by atoms with Crippen LogP contribution in [-0.4, -0.2) is 77.0 Å². The minimum Gasteiger partial charge on any atom is -0.481 e. The van der Waals surface area contributed by atoms with Crippen LogP contribution in [0.1, 0.15) is 58.3 Å². The number of carbonyl (C=O) groups is 3. The van der Waals surface area contributed by atoms with Crippen molar-refractivity contribution in [1.29, 1.82) is 0 Å². The summed E-state index contributed by atoms with van der Waals surface area (Å²) < 4.78 is 0. The first kappa shape index (κ1) is 22.6. The molecule has 7 heteroatoms. The van der Waals surface area contributed by atoms with Crippen LogP contribution in [0.25, 0.3) is 0 Å². The summed E-state index contributed by atoms with van der Waals surface area (Å²) in [6.07, 6.45) is 7.40. The quantitative estimate of drug-likeness (QED) is 0.675. The molecule has 2 saturated heterocycles. The summed E-state index contributed by atoms with van der Waals surface area (Å²) in [6.45, 7) is 8.55. The molecule has 0 aromatic rings. The lowest BCUT2D eigenvalue weighted by molar-refractivity contribution is -0.143. The van der Waals surface area contributed by atoms with E-state index in [1.807, 2.05) is 0 Å². The molecule has 26 heavy (non-hydrogen) atoms. The van der Waals surface area contributed by atoms with Crippen LogP contribution >= 0.6 is 0 Å². The number of rotatable bonds is 8. The maximum absolute atomic E-state index is 11.8. The molecule has 2 rings (SSSR count). The van der Waals surface area contributed by atoms with Gasteiger partial charge in [-0.15, -0.1) is 0 Å². The van der Waals surface area contributed by atoms with Gasteiger partial charge in [0, 0.05) is 19.0 Å². The van der Waals surface area contributed by atoms with Crippen LogP contribution in [0.4, 0.5) is 0 Å². The monoisotopic (exact) mass is 370 g/mol. The second kappa shape index (κ2) is 12.8. The Balaban J connectivity index is 0.000000359. The van der Waals surface area contributed by atoms with Gasteiger partial charge in [-0.1, -0.05) is 12.8 Å². The predicted molar refractivity (Wildman–Crippen MR) is 99.3 cm³/mol. The number of nitrogens with zero attached hydrogens (tertiary/aromatic N) is 2. The highest BCUT2D eigenvalue weighted by molar-refractivity contribution is 5.78. The lowest BCUT2D eigenvalue weighted by Crippen LogP contribution is -2.43. The Bertz CT molecular complexity index is 409. The van der Waals surface area contributed by atoms with Crippen molar-refractivity contribution in [2.45, 2.75) is 58.3 Å². The fraction of sp³-hybridized carbons (Fsp3) is 0.842. The summed E-state index contributed by atoms with van der Waals surface area (Å²) >= 11 is 0. The van der Waals surface area contributed by atoms with E-state index in [2.05, 4.69) is 9.80 Å². The van der Waals surface area contributed by atoms with Gasteiger partial charge in [-0.25, -0.2) is 0 Å². The van der Waals surface area contributed by atoms with Crippen molar-refractivity contribution in [1.82, 2.24) is 9.80 Å². The molecule has 2 heterocycles. The fourth-order valence-electron chi connectivity index (χ4n) is 3.44. The molecule has 2 aliphatic heterocycles. The summed E-state index contributed by atoms with van der Waals surface area (Å²) in [5, 5.41) is 15.8. The molecule has 0 aromatic carbocycles. The molecule has 7 nitrogen and oxygen atoms in total. The van der Waals surface area contributed by atoms with Gasteiger partial charge in [0.1, 0.15) is 5.78 Å². The van der Waals surface area contributed by atoms with Gasteiger partial charge < -0.3 is 20.0 Å². The number of hydrogen-bond acceptors (Lipinski definition) is 5. The van der Waals surface area contributed by atoms with Crippen LogP contribution in [0.5, 0.6) is 0 Å². The number of piperidine rings is 2. The van der Waals surface area contributed by atoms with E-state index in [1.54, 1.807) is 6.92 Å². The Hall–Kier alpha value is -1.47. The fourth-order valence-corrected chi connectivity index (χ4v) is 3.44. The first-order valence-electron chi connectivity index (χ1n) is 9.77. The summed E-state index contributed by atoms with van der Waals surface area (Å²) in [7, 11) is 0. The molecular weight excluding hydrogens is 336 g/mol. The van der Waals surface area contributed by atoms with E-state index < -0.39 is 11.9 Å². The smallest absolute Gasteiger partial charge is 0.303 e. The van der Waals surface area contributed by atoms with E-state index in [0.29, 0.717) is 5.78 Å². The molecule has 2 N–H and O–H groups in total. The Morgan fingerprint density at radius 1 is 0.731 bits per heavy atom. The van der Waals surface area contributed by atoms with E-state index in [-0.39, 0.29) is 18.8 Å². The second-order valence-electron chi connectivity index (χ2n) is 7.32. The summed E-state index contributed by atoms with van der Waals surface area (Å²) in [5.41, 5.74) is 0. The third-order valence-corrected chi connectivity index (χ3v) is 4.98. The topological polar surface area (TPSA) is 98.2 Å². The molecule has 0 atom stereocenters. The van der Waals surface area contributed by atoms with Crippen molar-refractivity contribution >= 4 is 17.7 Å². The van der Waals surface area contributed by atoms with Gasteiger partial charge in [-0.2, -0.15) is 0 Å². The molecule has 0 bridgehead atoms. The summed E-state index contributed by atoms with van der Waals surface area (Å²) in [5.74, 6) is -1.54. The third kappa shape index (κ3) is 10.5. The molecule has 0 spiro atoms. The largest absolute Gasteiger partial charge is 0.481 e. The Labute approximate surface area is 156 Å². The zero-order chi connectivity index (χ0) is 19.4. The van der Waals surface area contributed by atoms with E-state index in [0.717, 1.165) is 13.1 Å². The summed E-state index contributed by atoms with van der Waals surface area (Å²) in [4.78, 5) is 36.1. The van der Waals surface area contributed by atoms with Gasteiger partial charge in [0.15, 0.2) is 0 Å². The number of aliphatic carboxylic acids is 2. The highest BCUT2D eigenvalue weighted by Crippen LogP contribution is 2.15. The van der Waals surface area contributed by atoms with E-state index in [1.165, 1.54) is 64.7 Å². The molecule has 0 radical (unpaired) electrons. The molecule has 0 saturated carbocycles. The molecule has 0 aromatic heterocycles. The van der Waals surface area contributed by atoms with Crippen LogP contribution in [0.15, 0.2) is 0 Å². The number of carboxylic acids is 2. The van der Waals surface area contributed by atoms with Crippen LogP contribution < -0.4 is 0 Å². The average Bonchev–Trinajstić information content (AvgIpc) is 2.62. The molecule has 0 aliphatic carbocycles. The Kier molecular flexibility index (Phi) is 11.1. The van der Waals surface area contributed by atoms with Crippen LogP contribution in [0, 0.1) is 5.92 Å². The van der Waals surface area contributed by atoms with E-state index in [4.69, 9.17) is 10.2 Å². The zero-order valence-electron chi connectivity index (χ0n) is 16.0. The maximum atomic E-state index is 11.8. The van der Waals surface area contributed by atoms with E-state index >= 15 is 0 Å². The van der Waals surface area contributed by atoms with Crippen LogP contribution in [0.3, 0.4) is 0 Å². The number of carbonyl (C=O) groups excluding carboxylic acids is 1. The molecule has 0 amide bonds. The van der Waals surface area contributed by atoms with Crippen molar-refractivity contribution in [3.05, 3.63) is 0 Å². The van der Waals surface area contributed by atoms with Gasteiger partial charge in [-0.3, -0.25) is 14.4 Å². The van der Waals surface area contributed by atoms with Crippen molar-refractivity contribution in [2.75, 3.05) is 39.3 Å². The molecular formula is C19H34N2O5. The standard InChI is InChI=1S/C15H28N2O.C4H6O4/c1-14(18)15(12-16-8-4-2-5-9-16)13-17-10-6-3-7-11-17;5-3(6)1-2-4(7)8/h15H,2-13H2,1H3;1-2H2,(H,5,6)(H,7,8). The van der Waals surface area contributed by atoms with Crippen molar-refractivity contribution in [3.8, 4) is 0 Å². The van der Waals surface area contributed by atoms with Crippen LogP contribution in [-0.2, 0) is 14.4 Å². The number of ketones is 1. The lowest BCUT2D eigenvalue weighted by Gasteiger charge is -2.33. The van der Waals surface area contributed by atoms with Gasteiger partial charge >= 0.3 is 11.9 Å². The molecule has 150 valence electrons. The highest BCUT2D eigenvalue weighted by Gasteiger charge is 2.23. The SMILES string of the molecule is CC(=O)C(CN1CCCCC1)CN1CCCCC1.O=C(O)CCC(=O)O. The summed E-state index contributed by atoms with van der Waals surface area (Å²) in [6, 6.07) is 0. The lowest BCUT2D eigenvalue weighted by atomic mass is 10.0. The number of carboxylic acid groups (broad SMARTS) is 2. The van der Waals surface area contributed by atoms with Gasteiger partial charge in [0.05, 0.1) is 12.8 Å². The second-order valence-corrected chi connectivity index (χ2v) is 7.32. The Morgan fingerprint density at radius 3 is 1.35 bits per heavy atom. The molecule has 2 aliphatic rings. The van der Waals surface area contributed by atoms with Crippen molar-refractivity contribution in [2.24, 2.45) is 5.92 Å². The third-order valence-electron chi connectivity index (χ3n) is 4.98. The maximum Gasteiger partial charge on any atom is 0.303 e. The number of hydrogen-bond donors (Lipinski definition) is 2. The number of Topliss-reactive ketones (excluding diaryl/α,β-unsaturated/α-hetero) is 1. The highest BCUT2D eigenvalue weighted by atomic mass is 16.4. The predicted octanol–water partition coefficient (Wildman–Crippen LogP) is 2.10. The number of likely N-dealkylation sites (tertiary alicyclic amines) is 2. The zero-order valence-corrected chi connectivity index (χ0v) is 16.0. The normalized spacial score (nSPS) is 18.8. The first-order valence-corrected chi connectivity index (χ1v) is 9.77. The molecule has 0 unspecified atom stereocenters. The van der Waals surface area contributed by atoms with Crippen molar-refractivity contribution in [3.63, 3.8) is 0 Å². The van der Waals surface area contributed by atoms with Crippen molar-refractivity contribution < 1.29 is 24.6 Å². The minimum atomic E-state index is -1.08. The minimum absolute atomic E-state index is 0.237. The van der Waals surface area contributed by atoms with Gasteiger partial charge in [-0.05, 0) is 58.8 Å². The van der Waals surface area contributed by atoms with Gasteiger partial charge in [0.25, 0.3) is 0 Å². The van der Waals surface area contributed by atoms with Gasteiger partial charge in [0.2, 0.25) is 0 Å². The van der Waals surface area contributed by atoms with E-state index in [9.17, 15) is 14.4 Å². The average molecular weight is 370 g/mol. The van der Waals surface area contributed by atoms with Crippen LogP contribution in [0.2, 0.25) is 0 Å². The molecule has 2 fully saturated rings.